The van der Waals surface area contributed by atoms with Gasteiger partial charge in [0.25, 0.3) is 0 Å². The Bertz CT molecular complexity index is 1190. The Morgan fingerprint density at radius 1 is 1.12 bits per heavy atom. The molecule has 0 amide bonds. The summed E-state index contributed by atoms with van der Waals surface area (Å²) in [5.74, 6) is 1.44. The Morgan fingerprint density at radius 2 is 1.91 bits per heavy atom. The molecule has 2 aliphatic heterocycles. The number of aryl methyl sites for hydroxylation is 1. The topological polar surface area (TPSA) is 61.7 Å². The van der Waals surface area contributed by atoms with Crippen molar-refractivity contribution in [1.29, 1.82) is 0 Å². The first-order valence-electron chi connectivity index (χ1n) is 11.0. The number of aromatic nitrogens is 2. The van der Waals surface area contributed by atoms with Crippen LogP contribution in [0.3, 0.4) is 0 Å². The number of anilines is 2. The van der Waals surface area contributed by atoms with Crippen molar-refractivity contribution >= 4 is 34.7 Å². The molecule has 0 fully saturated rings. The van der Waals surface area contributed by atoms with Gasteiger partial charge in [0.2, 0.25) is 0 Å². The minimum absolute atomic E-state index is 0.309. The molecular weight excluding hydrogens is 471 g/mol. The summed E-state index contributed by atoms with van der Waals surface area (Å²) in [6, 6.07) is 5.67. The van der Waals surface area contributed by atoms with E-state index in [4.69, 9.17) is 27.9 Å². The molecule has 1 N–H and O–H groups in total. The van der Waals surface area contributed by atoms with Crippen LogP contribution in [0.25, 0.3) is 0 Å². The maximum Gasteiger partial charge on any atom is 0.137 e. The van der Waals surface area contributed by atoms with Gasteiger partial charge in [0.15, 0.2) is 0 Å². The van der Waals surface area contributed by atoms with Crippen LogP contribution in [-0.4, -0.2) is 33.8 Å². The number of hydrogen-bond acceptors (Lipinski definition) is 6. The fourth-order valence-corrected chi connectivity index (χ4v) is 4.12. The van der Waals surface area contributed by atoms with E-state index in [1.54, 1.807) is 26.1 Å². The smallest absolute Gasteiger partial charge is 0.137 e. The van der Waals surface area contributed by atoms with E-state index >= 15 is 0 Å². The third-order valence-electron chi connectivity index (χ3n) is 5.83. The number of rotatable bonds is 6. The molecule has 2 aromatic rings. The van der Waals surface area contributed by atoms with Crippen molar-refractivity contribution in [3.63, 3.8) is 0 Å². The number of pyridine rings is 2. The average molecular weight is 499 g/mol. The Labute approximate surface area is 210 Å². The lowest BCUT2D eigenvalue weighted by Gasteiger charge is -2.33. The van der Waals surface area contributed by atoms with Gasteiger partial charge in [0.05, 0.1) is 27.9 Å². The Hall–Kier alpha value is -2.80. The summed E-state index contributed by atoms with van der Waals surface area (Å²) >= 11 is 12.6. The highest BCUT2D eigenvalue weighted by Crippen LogP contribution is 2.34. The molecule has 2 aliphatic rings. The molecule has 4 rings (SSSR count). The molecule has 6 nitrogen and oxygen atoms in total. The molecule has 0 saturated heterocycles. The van der Waals surface area contributed by atoms with Crippen molar-refractivity contribution in [3.05, 3.63) is 93.4 Å². The van der Waals surface area contributed by atoms with Crippen LogP contribution in [0, 0.1) is 6.92 Å². The van der Waals surface area contributed by atoms with Crippen LogP contribution >= 0.6 is 23.2 Å². The zero-order valence-electron chi connectivity index (χ0n) is 19.7. The number of nitrogens with zero attached hydrogens (tertiary/aromatic N) is 4. The summed E-state index contributed by atoms with van der Waals surface area (Å²) in [4.78, 5) is 13.1. The van der Waals surface area contributed by atoms with Crippen LogP contribution in [0.2, 0.25) is 5.02 Å². The quantitative estimate of drug-likeness (QED) is 0.537. The van der Waals surface area contributed by atoms with Crippen molar-refractivity contribution in [3.8, 4) is 0 Å². The van der Waals surface area contributed by atoms with Gasteiger partial charge in [-0.25, -0.2) is 4.98 Å². The van der Waals surface area contributed by atoms with Gasteiger partial charge in [-0.1, -0.05) is 29.3 Å². The number of ether oxygens (including phenoxy) is 1. The molecule has 34 heavy (non-hydrogen) atoms. The maximum atomic E-state index is 10.4. The van der Waals surface area contributed by atoms with Gasteiger partial charge in [-0.2, -0.15) is 0 Å². The molecule has 0 aromatic carbocycles. The lowest BCUT2D eigenvalue weighted by Crippen LogP contribution is -2.33. The number of hydrogen-bond donors (Lipinski definition) is 1. The van der Waals surface area contributed by atoms with Gasteiger partial charge in [-0.05, 0) is 57.0 Å². The van der Waals surface area contributed by atoms with Crippen molar-refractivity contribution in [2.24, 2.45) is 0 Å². The summed E-state index contributed by atoms with van der Waals surface area (Å²) in [5.41, 5.74) is 3.88. The van der Waals surface area contributed by atoms with Crippen molar-refractivity contribution in [2.45, 2.75) is 39.9 Å². The van der Waals surface area contributed by atoms with Crippen molar-refractivity contribution in [1.82, 2.24) is 9.97 Å². The first-order valence-corrected chi connectivity index (χ1v) is 11.8. The van der Waals surface area contributed by atoms with Gasteiger partial charge < -0.3 is 19.6 Å². The third-order valence-corrected chi connectivity index (χ3v) is 6.36. The molecular formula is C26H28Cl2N4O2. The summed E-state index contributed by atoms with van der Waals surface area (Å²) in [7, 11) is 0. The van der Waals surface area contributed by atoms with Gasteiger partial charge >= 0.3 is 0 Å². The fourth-order valence-electron chi connectivity index (χ4n) is 3.78. The highest BCUT2D eigenvalue weighted by atomic mass is 35.5. The number of halogens is 2. The Balaban J connectivity index is 1.52. The number of aliphatic hydroxyl groups is 1. The van der Waals surface area contributed by atoms with Crippen LogP contribution < -0.4 is 9.80 Å². The van der Waals surface area contributed by atoms with Gasteiger partial charge in [-0.3, -0.25) is 4.98 Å². The predicted octanol–water partition coefficient (Wildman–Crippen LogP) is 5.86. The molecule has 2 aromatic heterocycles. The molecule has 0 atom stereocenters. The van der Waals surface area contributed by atoms with Gasteiger partial charge in [-0.15, -0.1) is 0 Å². The highest BCUT2D eigenvalue weighted by molar-refractivity contribution is 6.30. The zero-order chi connectivity index (χ0) is 24.5. The van der Waals surface area contributed by atoms with E-state index in [9.17, 15) is 5.11 Å². The number of allylic oxidation sites excluding steroid dienone is 4. The van der Waals surface area contributed by atoms with E-state index < -0.39 is 5.60 Å². The summed E-state index contributed by atoms with van der Waals surface area (Å²) in [6.07, 6.45) is 11.3. The molecule has 0 unspecified atom stereocenters. The van der Waals surface area contributed by atoms with Crippen LogP contribution in [0.15, 0.2) is 77.1 Å². The predicted molar refractivity (Wildman–Crippen MR) is 138 cm³/mol. The van der Waals surface area contributed by atoms with Gasteiger partial charge in [0, 0.05) is 48.7 Å². The maximum absolute atomic E-state index is 10.4. The average Bonchev–Trinajstić information content (AvgIpc) is 2.80. The van der Waals surface area contributed by atoms with Gasteiger partial charge in [0.1, 0.15) is 18.2 Å². The summed E-state index contributed by atoms with van der Waals surface area (Å²) in [6.45, 7) is 9.02. The van der Waals surface area contributed by atoms with Crippen LogP contribution in [0.4, 0.5) is 11.5 Å². The molecule has 0 aliphatic carbocycles. The van der Waals surface area contributed by atoms with E-state index in [2.05, 4.69) is 20.9 Å². The second-order valence-corrected chi connectivity index (χ2v) is 9.84. The standard InChI is InChI=1S/C26H28Cl2N4O2/c1-17-12-30-25(31-9-5-6-19(14-31)26(3,4)33)11-23(17)32-15-22(28)24(10-18(32)2)34-16-21-8-7-20(27)13-29-21/h5-13,33H,14-16H2,1-4H3. The molecule has 0 bridgehead atoms. The third kappa shape index (κ3) is 5.46. The lowest BCUT2D eigenvalue weighted by molar-refractivity contribution is 0.118. The second-order valence-electron chi connectivity index (χ2n) is 8.95. The van der Waals surface area contributed by atoms with Crippen molar-refractivity contribution in [2.75, 3.05) is 22.9 Å². The van der Waals surface area contributed by atoms with Crippen LogP contribution in [-0.2, 0) is 11.3 Å². The van der Waals surface area contributed by atoms with E-state index in [-0.39, 0.29) is 0 Å². The molecule has 0 saturated carbocycles. The van der Waals surface area contributed by atoms with E-state index in [0.29, 0.717) is 35.5 Å². The molecule has 4 heterocycles. The fraction of sp³-hybridized carbons (Fsp3) is 0.308. The largest absolute Gasteiger partial charge is 0.486 e. The van der Waals surface area contributed by atoms with Crippen LogP contribution in [0.5, 0.6) is 0 Å². The van der Waals surface area contributed by atoms with Crippen molar-refractivity contribution < 1.29 is 9.84 Å². The lowest BCUT2D eigenvalue weighted by atomic mass is 9.96. The van der Waals surface area contributed by atoms with E-state index in [0.717, 1.165) is 34.0 Å². The SMILES string of the molecule is CC1=CC(OCc2ccc(Cl)cn2)=C(Cl)CN1c1cc(N2C=CC=C(C(C)(C)O)C2)ncc1C. The summed E-state index contributed by atoms with van der Waals surface area (Å²) in [5, 5.41) is 11.6. The zero-order valence-corrected chi connectivity index (χ0v) is 21.2. The normalized spacial score (nSPS) is 16.6. The van der Waals surface area contributed by atoms with Crippen LogP contribution in [0.1, 0.15) is 32.0 Å². The monoisotopic (exact) mass is 498 g/mol. The first-order chi connectivity index (χ1) is 16.1. The highest BCUT2D eigenvalue weighted by Gasteiger charge is 2.25. The van der Waals surface area contributed by atoms with E-state index in [1.807, 2.05) is 55.4 Å². The first kappa shape index (κ1) is 24.3. The molecule has 8 heteroatoms. The molecule has 178 valence electrons. The Kier molecular flexibility index (Phi) is 7.03. The molecule has 0 spiro atoms. The molecule has 0 radical (unpaired) electrons. The van der Waals surface area contributed by atoms with E-state index in [1.165, 1.54) is 0 Å². The second kappa shape index (κ2) is 9.82. The minimum Gasteiger partial charge on any atom is -0.486 e. The Morgan fingerprint density at radius 3 is 2.62 bits per heavy atom. The minimum atomic E-state index is -0.890. The summed E-state index contributed by atoms with van der Waals surface area (Å²) < 4.78 is 5.95.